The van der Waals surface area contributed by atoms with E-state index in [4.69, 9.17) is 0 Å². The molecule has 0 unspecified atom stereocenters. The van der Waals surface area contributed by atoms with Gasteiger partial charge in [-0.15, -0.1) is 0 Å². The van der Waals surface area contributed by atoms with Crippen LogP contribution in [0.25, 0.3) is 0 Å². The van der Waals surface area contributed by atoms with Crippen LogP contribution in [0.4, 0.5) is 17.1 Å². The molecular weight excluding hydrogens is 220 g/mol. The summed E-state index contributed by atoms with van der Waals surface area (Å²) in [6.45, 7) is 4.41. The van der Waals surface area contributed by atoms with E-state index in [1.54, 1.807) is 0 Å². The Morgan fingerprint density at radius 1 is 1.00 bits per heavy atom. The molecule has 18 heavy (non-hydrogen) atoms. The van der Waals surface area contributed by atoms with Gasteiger partial charge in [-0.05, 0) is 37.1 Å². The van der Waals surface area contributed by atoms with Crippen LogP contribution < -0.4 is 10.2 Å². The van der Waals surface area contributed by atoms with E-state index >= 15 is 0 Å². The summed E-state index contributed by atoms with van der Waals surface area (Å²) in [5.41, 5.74) is 5.19. The van der Waals surface area contributed by atoms with Crippen molar-refractivity contribution in [2.24, 2.45) is 0 Å². The SMILES string of the molecule is CCc1ccccc1N1c2ccccc2N[C@@H]1C. The zero-order valence-corrected chi connectivity index (χ0v) is 10.9. The topological polar surface area (TPSA) is 15.3 Å². The number of rotatable bonds is 2. The lowest BCUT2D eigenvalue weighted by Crippen LogP contribution is -2.29. The van der Waals surface area contributed by atoms with Crippen molar-refractivity contribution in [3.8, 4) is 0 Å². The second kappa shape index (κ2) is 4.37. The maximum Gasteiger partial charge on any atom is 0.101 e. The highest BCUT2D eigenvalue weighted by Gasteiger charge is 2.26. The van der Waals surface area contributed by atoms with E-state index < -0.39 is 0 Å². The van der Waals surface area contributed by atoms with E-state index in [1.807, 2.05) is 0 Å². The summed E-state index contributed by atoms with van der Waals surface area (Å²) in [5.74, 6) is 0. The highest BCUT2D eigenvalue weighted by Crippen LogP contribution is 2.40. The molecule has 0 radical (unpaired) electrons. The summed E-state index contributed by atoms with van der Waals surface area (Å²) in [4.78, 5) is 2.38. The third-order valence-corrected chi connectivity index (χ3v) is 3.55. The fourth-order valence-electron chi connectivity index (χ4n) is 2.69. The Hall–Kier alpha value is -1.96. The first-order chi connectivity index (χ1) is 8.81. The molecule has 3 rings (SSSR count). The Morgan fingerprint density at radius 3 is 2.44 bits per heavy atom. The average Bonchev–Trinajstić information content (AvgIpc) is 2.74. The predicted molar refractivity (Wildman–Crippen MR) is 77.5 cm³/mol. The van der Waals surface area contributed by atoms with Crippen molar-refractivity contribution in [1.29, 1.82) is 0 Å². The number of para-hydroxylation sites is 3. The van der Waals surface area contributed by atoms with Crippen molar-refractivity contribution in [1.82, 2.24) is 0 Å². The van der Waals surface area contributed by atoms with Gasteiger partial charge in [0, 0.05) is 5.69 Å². The molecule has 1 N–H and O–H groups in total. The van der Waals surface area contributed by atoms with Crippen molar-refractivity contribution in [2.75, 3.05) is 10.2 Å². The van der Waals surface area contributed by atoms with Crippen molar-refractivity contribution in [3.05, 3.63) is 54.1 Å². The lowest BCUT2D eigenvalue weighted by Gasteiger charge is -2.26. The van der Waals surface area contributed by atoms with E-state index in [-0.39, 0.29) is 0 Å². The van der Waals surface area contributed by atoms with Crippen LogP contribution in [0.1, 0.15) is 19.4 Å². The zero-order chi connectivity index (χ0) is 12.5. The highest BCUT2D eigenvalue weighted by atomic mass is 15.3. The first kappa shape index (κ1) is 11.1. The van der Waals surface area contributed by atoms with Gasteiger partial charge in [-0.2, -0.15) is 0 Å². The second-order valence-electron chi connectivity index (χ2n) is 4.69. The third-order valence-electron chi connectivity index (χ3n) is 3.55. The van der Waals surface area contributed by atoms with Crippen LogP contribution in [0.3, 0.4) is 0 Å². The van der Waals surface area contributed by atoms with E-state index in [0.717, 1.165) is 6.42 Å². The number of nitrogens with one attached hydrogen (secondary N) is 1. The highest BCUT2D eigenvalue weighted by molar-refractivity contribution is 5.83. The van der Waals surface area contributed by atoms with Crippen molar-refractivity contribution < 1.29 is 0 Å². The van der Waals surface area contributed by atoms with Gasteiger partial charge in [0.25, 0.3) is 0 Å². The molecule has 0 spiro atoms. The monoisotopic (exact) mass is 238 g/mol. The van der Waals surface area contributed by atoms with Gasteiger partial charge in [-0.25, -0.2) is 0 Å². The van der Waals surface area contributed by atoms with E-state index in [2.05, 4.69) is 72.6 Å². The largest absolute Gasteiger partial charge is 0.363 e. The van der Waals surface area contributed by atoms with E-state index in [1.165, 1.54) is 22.6 Å². The molecule has 0 amide bonds. The number of fused-ring (bicyclic) bond motifs is 1. The Bertz CT molecular complexity index is 563. The van der Waals surface area contributed by atoms with Crippen LogP contribution in [0.15, 0.2) is 48.5 Å². The molecule has 0 aliphatic carbocycles. The van der Waals surface area contributed by atoms with Gasteiger partial charge in [0.1, 0.15) is 6.17 Å². The molecule has 1 aliphatic heterocycles. The molecule has 0 aromatic heterocycles. The summed E-state index contributed by atoms with van der Waals surface area (Å²) < 4.78 is 0. The van der Waals surface area contributed by atoms with Crippen molar-refractivity contribution in [3.63, 3.8) is 0 Å². The average molecular weight is 238 g/mol. The normalized spacial score (nSPS) is 17.4. The number of hydrogen-bond acceptors (Lipinski definition) is 2. The molecule has 1 heterocycles. The minimum atomic E-state index is 0.301. The molecule has 0 bridgehead atoms. The molecular formula is C16H18N2. The lowest BCUT2D eigenvalue weighted by molar-refractivity contribution is 0.836. The minimum absolute atomic E-state index is 0.301. The molecule has 1 aliphatic rings. The number of hydrogen-bond donors (Lipinski definition) is 1. The smallest absolute Gasteiger partial charge is 0.101 e. The third kappa shape index (κ3) is 1.65. The molecule has 0 saturated heterocycles. The molecule has 92 valence electrons. The number of benzene rings is 2. The summed E-state index contributed by atoms with van der Waals surface area (Å²) in [5, 5.41) is 3.52. The van der Waals surface area contributed by atoms with Crippen LogP contribution in [-0.4, -0.2) is 6.17 Å². The van der Waals surface area contributed by atoms with Gasteiger partial charge in [-0.1, -0.05) is 37.3 Å². The van der Waals surface area contributed by atoms with Crippen molar-refractivity contribution in [2.45, 2.75) is 26.4 Å². The maximum atomic E-state index is 3.52. The summed E-state index contributed by atoms with van der Waals surface area (Å²) >= 11 is 0. The van der Waals surface area contributed by atoms with Gasteiger partial charge >= 0.3 is 0 Å². The first-order valence-corrected chi connectivity index (χ1v) is 6.54. The molecule has 1 atom stereocenters. The van der Waals surface area contributed by atoms with Gasteiger partial charge in [0.15, 0.2) is 0 Å². The Labute approximate surface area is 108 Å². The van der Waals surface area contributed by atoms with Gasteiger partial charge in [-0.3, -0.25) is 0 Å². The standard InChI is InChI=1S/C16H18N2/c1-3-13-8-4-6-10-15(13)18-12(2)17-14-9-5-7-11-16(14)18/h4-12,17H,3H2,1-2H3/t12-/m0/s1. The summed E-state index contributed by atoms with van der Waals surface area (Å²) in [7, 11) is 0. The Balaban J connectivity index is 2.12. The minimum Gasteiger partial charge on any atom is -0.363 e. The van der Waals surface area contributed by atoms with Crippen LogP contribution in [0.2, 0.25) is 0 Å². The molecule has 0 saturated carbocycles. The van der Waals surface area contributed by atoms with Crippen LogP contribution >= 0.6 is 0 Å². The van der Waals surface area contributed by atoms with Gasteiger partial charge < -0.3 is 10.2 Å². The fourth-order valence-corrected chi connectivity index (χ4v) is 2.69. The van der Waals surface area contributed by atoms with E-state index in [9.17, 15) is 0 Å². The van der Waals surface area contributed by atoms with E-state index in [0.29, 0.717) is 6.17 Å². The number of aryl methyl sites for hydroxylation is 1. The number of nitrogens with zero attached hydrogens (tertiary/aromatic N) is 1. The Kier molecular flexibility index (Phi) is 2.71. The number of anilines is 3. The summed E-state index contributed by atoms with van der Waals surface area (Å²) in [6.07, 6.45) is 1.36. The molecule has 2 heteroatoms. The molecule has 0 fully saturated rings. The molecule has 2 nitrogen and oxygen atoms in total. The second-order valence-corrected chi connectivity index (χ2v) is 4.69. The quantitative estimate of drug-likeness (QED) is 0.845. The lowest BCUT2D eigenvalue weighted by atomic mass is 10.1. The van der Waals surface area contributed by atoms with Crippen molar-refractivity contribution >= 4 is 17.1 Å². The molecule has 2 aromatic carbocycles. The Morgan fingerprint density at radius 2 is 1.67 bits per heavy atom. The fraction of sp³-hybridized carbons (Fsp3) is 0.250. The predicted octanol–water partition coefficient (Wildman–Crippen LogP) is 4.16. The van der Waals surface area contributed by atoms with Crippen LogP contribution in [-0.2, 0) is 6.42 Å². The van der Waals surface area contributed by atoms with Gasteiger partial charge in [0.05, 0.1) is 11.4 Å². The maximum absolute atomic E-state index is 3.52. The van der Waals surface area contributed by atoms with Crippen LogP contribution in [0.5, 0.6) is 0 Å². The first-order valence-electron chi connectivity index (χ1n) is 6.54. The molecule has 2 aromatic rings. The summed E-state index contributed by atoms with van der Waals surface area (Å²) in [6, 6.07) is 17.1. The van der Waals surface area contributed by atoms with Gasteiger partial charge in [0.2, 0.25) is 0 Å². The zero-order valence-electron chi connectivity index (χ0n) is 10.9. The van der Waals surface area contributed by atoms with Crippen LogP contribution in [0, 0.1) is 0 Å².